The number of carbonyl (C=O) groups excluding carboxylic acids is 2. The standard InChI is InChI=1S/C12H10N4O2/c13-11(17)9-4-1-5-10(15-9)16-12(18)8-3-2-6-14-7-8/h1-7H,(H2,13,17)(H,15,16,18). The van der Waals surface area contributed by atoms with Gasteiger partial charge >= 0.3 is 0 Å². The minimum absolute atomic E-state index is 0.0963. The Morgan fingerprint density at radius 1 is 1.17 bits per heavy atom. The highest BCUT2D eigenvalue weighted by atomic mass is 16.2. The van der Waals surface area contributed by atoms with Crippen molar-refractivity contribution >= 4 is 17.6 Å². The molecule has 0 fully saturated rings. The van der Waals surface area contributed by atoms with Gasteiger partial charge in [0.05, 0.1) is 5.56 Å². The molecule has 90 valence electrons. The lowest BCUT2D eigenvalue weighted by Crippen LogP contribution is -2.17. The molecule has 6 heteroatoms. The van der Waals surface area contributed by atoms with Crippen molar-refractivity contribution in [1.29, 1.82) is 0 Å². The predicted octanol–water partition coefficient (Wildman–Crippen LogP) is 0.828. The Bertz CT molecular complexity index is 584. The van der Waals surface area contributed by atoms with E-state index in [0.29, 0.717) is 5.56 Å². The van der Waals surface area contributed by atoms with Crippen LogP contribution in [0.3, 0.4) is 0 Å². The van der Waals surface area contributed by atoms with Gasteiger partial charge in [-0.15, -0.1) is 0 Å². The van der Waals surface area contributed by atoms with Gasteiger partial charge in [0, 0.05) is 12.4 Å². The molecule has 0 aliphatic heterocycles. The minimum atomic E-state index is -0.646. The van der Waals surface area contributed by atoms with Crippen molar-refractivity contribution in [3.8, 4) is 0 Å². The zero-order valence-corrected chi connectivity index (χ0v) is 9.33. The van der Waals surface area contributed by atoms with Gasteiger partial charge in [0.1, 0.15) is 11.5 Å². The fourth-order valence-corrected chi connectivity index (χ4v) is 1.33. The van der Waals surface area contributed by atoms with Crippen LogP contribution in [0.2, 0.25) is 0 Å². The van der Waals surface area contributed by atoms with Crippen molar-refractivity contribution in [2.75, 3.05) is 5.32 Å². The number of rotatable bonds is 3. The summed E-state index contributed by atoms with van der Waals surface area (Å²) < 4.78 is 0. The Hall–Kier alpha value is -2.76. The van der Waals surface area contributed by atoms with Crippen molar-refractivity contribution in [2.45, 2.75) is 0 Å². The quantitative estimate of drug-likeness (QED) is 0.832. The number of carbonyl (C=O) groups is 2. The van der Waals surface area contributed by atoms with Crippen LogP contribution in [0.5, 0.6) is 0 Å². The summed E-state index contributed by atoms with van der Waals surface area (Å²) in [5, 5.41) is 2.56. The summed E-state index contributed by atoms with van der Waals surface area (Å²) in [5.41, 5.74) is 5.60. The van der Waals surface area contributed by atoms with Crippen LogP contribution in [0.25, 0.3) is 0 Å². The molecule has 0 atom stereocenters. The lowest BCUT2D eigenvalue weighted by molar-refractivity contribution is 0.0991. The average Bonchev–Trinajstić information content (AvgIpc) is 2.40. The lowest BCUT2D eigenvalue weighted by Gasteiger charge is -2.04. The second-order valence-electron chi connectivity index (χ2n) is 3.47. The molecule has 2 rings (SSSR count). The Labute approximate surface area is 103 Å². The van der Waals surface area contributed by atoms with Crippen LogP contribution in [0, 0.1) is 0 Å². The summed E-state index contributed by atoms with van der Waals surface area (Å²) in [7, 11) is 0. The number of anilines is 1. The number of aromatic nitrogens is 2. The molecule has 0 saturated heterocycles. The van der Waals surface area contributed by atoms with Gasteiger partial charge in [-0.1, -0.05) is 6.07 Å². The van der Waals surface area contributed by atoms with Gasteiger partial charge in [-0.25, -0.2) is 4.98 Å². The summed E-state index contributed by atoms with van der Waals surface area (Å²) >= 11 is 0. The molecule has 0 unspecified atom stereocenters. The van der Waals surface area contributed by atoms with Crippen molar-refractivity contribution in [1.82, 2.24) is 9.97 Å². The first kappa shape index (κ1) is 11.7. The highest BCUT2D eigenvalue weighted by molar-refractivity contribution is 6.03. The largest absolute Gasteiger partial charge is 0.364 e. The van der Waals surface area contributed by atoms with Crippen LogP contribution in [0.1, 0.15) is 20.8 Å². The van der Waals surface area contributed by atoms with Crippen LogP contribution in [-0.4, -0.2) is 21.8 Å². The van der Waals surface area contributed by atoms with Crippen LogP contribution < -0.4 is 11.1 Å². The highest BCUT2D eigenvalue weighted by Gasteiger charge is 2.08. The molecule has 0 bridgehead atoms. The number of nitrogens with two attached hydrogens (primary N) is 1. The monoisotopic (exact) mass is 242 g/mol. The Kier molecular flexibility index (Phi) is 3.29. The van der Waals surface area contributed by atoms with Crippen molar-refractivity contribution < 1.29 is 9.59 Å². The Morgan fingerprint density at radius 2 is 2.00 bits per heavy atom. The topological polar surface area (TPSA) is 98.0 Å². The van der Waals surface area contributed by atoms with E-state index in [0.717, 1.165) is 0 Å². The molecule has 6 nitrogen and oxygen atoms in total. The first-order valence-corrected chi connectivity index (χ1v) is 5.15. The van der Waals surface area contributed by atoms with Gasteiger partial charge in [-0.3, -0.25) is 14.6 Å². The van der Waals surface area contributed by atoms with E-state index in [1.54, 1.807) is 30.5 Å². The van der Waals surface area contributed by atoms with E-state index in [9.17, 15) is 9.59 Å². The number of hydrogen-bond acceptors (Lipinski definition) is 4. The van der Waals surface area contributed by atoms with E-state index in [2.05, 4.69) is 15.3 Å². The number of amides is 2. The minimum Gasteiger partial charge on any atom is -0.364 e. The molecule has 2 aromatic rings. The summed E-state index contributed by atoms with van der Waals surface area (Å²) in [6.45, 7) is 0. The number of pyridine rings is 2. The molecule has 0 spiro atoms. The third-order valence-corrected chi connectivity index (χ3v) is 2.17. The number of nitrogens with one attached hydrogen (secondary N) is 1. The fraction of sp³-hybridized carbons (Fsp3) is 0. The molecule has 0 radical (unpaired) electrons. The molecule has 2 heterocycles. The van der Waals surface area contributed by atoms with Gasteiger partial charge in [-0.05, 0) is 24.3 Å². The normalized spacial score (nSPS) is 9.78. The van der Waals surface area contributed by atoms with Crippen molar-refractivity contribution in [3.05, 3.63) is 54.0 Å². The first-order valence-electron chi connectivity index (χ1n) is 5.15. The molecule has 18 heavy (non-hydrogen) atoms. The maximum atomic E-state index is 11.8. The fourth-order valence-electron chi connectivity index (χ4n) is 1.33. The first-order chi connectivity index (χ1) is 8.66. The van der Waals surface area contributed by atoms with Crippen molar-refractivity contribution in [3.63, 3.8) is 0 Å². The maximum absolute atomic E-state index is 11.8. The summed E-state index contributed by atoms with van der Waals surface area (Å²) in [5.74, 6) is -0.732. The van der Waals surface area contributed by atoms with E-state index in [4.69, 9.17) is 5.73 Å². The molecule has 0 saturated carbocycles. The van der Waals surface area contributed by atoms with E-state index in [1.807, 2.05) is 0 Å². The summed E-state index contributed by atoms with van der Waals surface area (Å²) in [6.07, 6.45) is 3.01. The van der Waals surface area contributed by atoms with Gasteiger partial charge < -0.3 is 11.1 Å². The van der Waals surface area contributed by atoms with E-state index < -0.39 is 5.91 Å². The van der Waals surface area contributed by atoms with Crippen molar-refractivity contribution in [2.24, 2.45) is 5.73 Å². The third-order valence-electron chi connectivity index (χ3n) is 2.17. The predicted molar refractivity (Wildman–Crippen MR) is 64.9 cm³/mol. The van der Waals surface area contributed by atoms with Crippen LogP contribution in [0.15, 0.2) is 42.7 Å². The van der Waals surface area contributed by atoms with Gasteiger partial charge in [0.15, 0.2) is 0 Å². The van der Waals surface area contributed by atoms with Crippen LogP contribution >= 0.6 is 0 Å². The van der Waals surface area contributed by atoms with Gasteiger partial charge in [0.25, 0.3) is 11.8 Å². The third kappa shape index (κ3) is 2.67. The smallest absolute Gasteiger partial charge is 0.267 e. The second-order valence-corrected chi connectivity index (χ2v) is 3.47. The SMILES string of the molecule is NC(=O)c1cccc(NC(=O)c2cccnc2)n1. The molecular formula is C12H10N4O2. The average molecular weight is 242 g/mol. The number of nitrogens with zero attached hydrogens (tertiary/aromatic N) is 2. The molecule has 0 aromatic carbocycles. The van der Waals surface area contributed by atoms with E-state index >= 15 is 0 Å². The van der Waals surface area contributed by atoms with E-state index in [-0.39, 0.29) is 17.4 Å². The summed E-state index contributed by atoms with van der Waals surface area (Å²) in [6, 6.07) is 7.91. The van der Waals surface area contributed by atoms with Gasteiger partial charge in [0.2, 0.25) is 0 Å². The van der Waals surface area contributed by atoms with Gasteiger partial charge in [-0.2, -0.15) is 0 Å². The Morgan fingerprint density at radius 3 is 2.67 bits per heavy atom. The number of hydrogen-bond donors (Lipinski definition) is 2. The molecule has 2 aromatic heterocycles. The van der Waals surface area contributed by atoms with Crippen LogP contribution in [0.4, 0.5) is 5.82 Å². The summed E-state index contributed by atoms with van der Waals surface area (Å²) in [4.78, 5) is 30.5. The Balaban J connectivity index is 2.17. The zero-order valence-electron chi connectivity index (χ0n) is 9.33. The second kappa shape index (κ2) is 5.05. The maximum Gasteiger partial charge on any atom is 0.267 e. The molecule has 3 N–H and O–H groups in total. The molecule has 2 amide bonds. The molecule has 0 aliphatic rings. The molecule has 0 aliphatic carbocycles. The zero-order chi connectivity index (χ0) is 13.0. The van der Waals surface area contributed by atoms with Crippen LogP contribution in [-0.2, 0) is 0 Å². The number of primary amides is 1. The van der Waals surface area contributed by atoms with E-state index in [1.165, 1.54) is 12.3 Å². The molecular weight excluding hydrogens is 232 g/mol. The lowest BCUT2D eigenvalue weighted by atomic mass is 10.2. The highest BCUT2D eigenvalue weighted by Crippen LogP contribution is 2.07.